The number of halogens is 2. The van der Waals surface area contributed by atoms with Crippen molar-refractivity contribution in [2.45, 2.75) is 58.0 Å². The van der Waals surface area contributed by atoms with Gasteiger partial charge in [-0.15, -0.1) is 0 Å². The average Bonchev–Trinajstić information content (AvgIpc) is 2.86. The van der Waals surface area contributed by atoms with Crippen molar-refractivity contribution in [1.29, 1.82) is 0 Å². The fraction of sp³-hybridized carbons (Fsp3) is 0.625. The highest BCUT2D eigenvalue weighted by Gasteiger charge is 2.28. The lowest BCUT2D eigenvalue weighted by molar-refractivity contribution is 0.550. The molecule has 1 aromatic rings. The van der Waals surface area contributed by atoms with Crippen LogP contribution in [0.5, 0.6) is 0 Å². The van der Waals surface area contributed by atoms with Gasteiger partial charge in [0.1, 0.15) is 17.3 Å². The molecule has 1 aliphatic heterocycles. The van der Waals surface area contributed by atoms with Gasteiger partial charge in [-0.25, -0.2) is 8.78 Å². The maximum absolute atomic E-state index is 14.3. The summed E-state index contributed by atoms with van der Waals surface area (Å²) in [5.41, 5.74) is 6.64. The van der Waals surface area contributed by atoms with Crippen LogP contribution in [0.15, 0.2) is 12.1 Å². The Labute approximate surface area is 120 Å². The first kappa shape index (κ1) is 15.2. The van der Waals surface area contributed by atoms with Crippen LogP contribution < -0.4 is 10.6 Å². The molecule has 2 rings (SSSR count). The molecule has 112 valence electrons. The highest BCUT2D eigenvalue weighted by Crippen LogP contribution is 2.32. The minimum Gasteiger partial charge on any atom is -0.364 e. The van der Waals surface area contributed by atoms with Crippen molar-refractivity contribution in [3.05, 3.63) is 29.3 Å². The lowest BCUT2D eigenvalue weighted by Crippen LogP contribution is -2.30. The summed E-state index contributed by atoms with van der Waals surface area (Å²) in [6.45, 7) is 4.77. The highest BCUT2D eigenvalue weighted by atomic mass is 19.1. The van der Waals surface area contributed by atoms with Gasteiger partial charge >= 0.3 is 0 Å². The second kappa shape index (κ2) is 6.53. The number of hydrogen-bond donors (Lipinski definition) is 1. The zero-order chi connectivity index (χ0) is 14.7. The first-order chi connectivity index (χ1) is 9.56. The van der Waals surface area contributed by atoms with Crippen LogP contribution in [-0.2, 0) is 6.42 Å². The van der Waals surface area contributed by atoms with Gasteiger partial charge in [0.15, 0.2) is 0 Å². The Bertz CT molecular complexity index is 439. The lowest BCUT2D eigenvalue weighted by atomic mass is 10.0. The molecule has 1 aromatic carbocycles. The maximum Gasteiger partial charge on any atom is 0.149 e. The molecule has 4 heteroatoms. The molecule has 0 spiro atoms. The number of nitrogens with zero attached hydrogens (tertiary/aromatic N) is 1. The summed E-state index contributed by atoms with van der Waals surface area (Å²) in [6.07, 6.45) is 4.25. The van der Waals surface area contributed by atoms with Crippen molar-refractivity contribution in [2.75, 3.05) is 11.4 Å². The van der Waals surface area contributed by atoms with E-state index in [2.05, 4.69) is 6.92 Å². The van der Waals surface area contributed by atoms with E-state index < -0.39 is 11.6 Å². The largest absolute Gasteiger partial charge is 0.364 e. The maximum atomic E-state index is 14.3. The van der Waals surface area contributed by atoms with Crippen molar-refractivity contribution in [3.8, 4) is 0 Å². The van der Waals surface area contributed by atoms with Gasteiger partial charge in [-0.05, 0) is 49.8 Å². The van der Waals surface area contributed by atoms with E-state index in [1.54, 1.807) is 0 Å². The summed E-state index contributed by atoms with van der Waals surface area (Å²) in [5.74, 6) is -0.910. The van der Waals surface area contributed by atoms with Gasteiger partial charge in [0, 0.05) is 18.6 Å². The molecule has 1 saturated heterocycles. The monoisotopic (exact) mass is 282 g/mol. The quantitative estimate of drug-likeness (QED) is 0.893. The van der Waals surface area contributed by atoms with Crippen LogP contribution >= 0.6 is 0 Å². The zero-order valence-corrected chi connectivity index (χ0v) is 12.3. The minimum atomic E-state index is -0.455. The van der Waals surface area contributed by atoms with Crippen LogP contribution in [0.2, 0.25) is 0 Å². The molecule has 1 aliphatic rings. The van der Waals surface area contributed by atoms with Crippen LogP contribution in [0.3, 0.4) is 0 Å². The van der Waals surface area contributed by atoms with Gasteiger partial charge < -0.3 is 10.6 Å². The summed E-state index contributed by atoms with van der Waals surface area (Å²) < 4.78 is 28.6. The zero-order valence-electron chi connectivity index (χ0n) is 12.3. The third kappa shape index (κ3) is 3.11. The van der Waals surface area contributed by atoms with Gasteiger partial charge in [-0.2, -0.15) is 0 Å². The van der Waals surface area contributed by atoms with Crippen molar-refractivity contribution < 1.29 is 8.78 Å². The van der Waals surface area contributed by atoms with Crippen molar-refractivity contribution in [3.63, 3.8) is 0 Å². The standard InChI is InChI=1S/C16H24F2N2/c1-3-12(19)8-11-9-14(17)16(15(18)10-11)20-7-5-6-13(20)4-2/h9-10,12-13H,3-8,19H2,1-2H3. The fourth-order valence-electron chi connectivity index (χ4n) is 3.01. The van der Waals surface area contributed by atoms with Crippen LogP contribution in [0.4, 0.5) is 14.5 Å². The highest BCUT2D eigenvalue weighted by molar-refractivity contribution is 5.52. The van der Waals surface area contributed by atoms with E-state index in [-0.39, 0.29) is 17.8 Å². The predicted octanol–water partition coefficient (Wildman–Crippen LogP) is 3.62. The number of nitrogens with two attached hydrogens (primary N) is 1. The summed E-state index contributed by atoms with van der Waals surface area (Å²) in [6, 6.07) is 3.09. The smallest absolute Gasteiger partial charge is 0.149 e. The van der Waals surface area contributed by atoms with Crippen molar-refractivity contribution in [1.82, 2.24) is 0 Å². The molecule has 20 heavy (non-hydrogen) atoms. The Morgan fingerprint density at radius 3 is 2.50 bits per heavy atom. The fourth-order valence-corrected chi connectivity index (χ4v) is 3.01. The van der Waals surface area contributed by atoms with Gasteiger partial charge in [0.05, 0.1) is 0 Å². The van der Waals surface area contributed by atoms with Crippen molar-refractivity contribution in [2.24, 2.45) is 5.73 Å². The number of anilines is 1. The molecule has 0 bridgehead atoms. The minimum absolute atomic E-state index is 0.0465. The number of hydrogen-bond acceptors (Lipinski definition) is 2. The summed E-state index contributed by atoms with van der Waals surface area (Å²) >= 11 is 0. The lowest BCUT2D eigenvalue weighted by Gasteiger charge is -2.27. The van der Waals surface area contributed by atoms with E-state index in [1.165, 1.54) is 12.1 Å². The summed E-state index contributed by atoms with van der Waals surface area (Å²) in [4.78, 5) is 1.88. The van der Waals surface area contributed by atoms with E-state index in [0.29, 0.717) is 12.0 Å². The average molecular weight is 282 g/mol. The molecule has 0 saturated carbocycles. The van der Waals surface area contributed by atoms with E-state index in [1.807, 2.05) is 11.8 Å². The molecule has 0 radical (unpaired) electrons. The van der Waals surface area contributed by atoms with Gasteiger partial charge in [0.2, 0.25) is 0 Å². The Balaban J connectivity index is 2.27. The molecule has 2 nitrogen and oxygen atoms in total. The van der Waals surface area contributed by atoms with Crippen molar-refractivity contribution >= 4 is 5.69 Å². The molecule has 1 heterocycles. The Hall–Kier alpha value is -1.16. The predicted molar refractivity (Wildman–Crippen MR) is 79.0 cm³/mol. The van der Waals surface area contributed by atoms with E-state index in [0.717, 1.165) is 32.2 Å². The molecule has 0 amide bonds. The van der Waals surface area contributed by atoms with Crippen LogP contribution in [0.1, 0.15) is 45.1 Å². The Morgan fingerprint density at radius 1 is 1.30 bits per heavy atom. The second-order valence-electron chi connectivity index (χ2n) is 5.68. The third-order valence-corrected chi connectivity index (χ3v) is 4.23. The molecule has 2 unspecified atom stereocenters. The molecule has 0 aliphatic carbocycles. The van der Waals surface area contributed by atoms with Gasteiger partial charge in [-0.1, -0.05) is 13.8 Å². The van der Waals surface area contributed by atoms with Crippen LogP contribution in [0, 0.1) is 11.6 Å². The molecule has 1 fully saturated rings. The molecule has 2 N–H and O–H groups in total. The second-order valence-corrected chi connectivity index (χ2v) is 5.68. The first-order valence-corrected chi connectivity index (χ1v) is 7.56. The van der Waals surface area contributed by atoms with E-state index in [9.17, 15) is 8.78 Å². The van der Waals surface area contributed by atoms with Gasteiger partial charge in [0.25, 0.3) is 0 Å². The number of rotatable bonds is 5. The number of benzene rings is 1. The molecule has 2 atom stereocenters. The first-order valence-electron chi connectivity index (χ1n) is 7.56. The summed E-state index contributed by atoms with van der Waals surface area (Å²) in [7, 11) is 0. The molecular weight excluding hydrogens is 258 g/mol. The van der Waals surface area contributed by atoms with Crippen LogP contribution in [0.25, 0.3) is 0 Å². The molecular formula is C16H24F2N2. The van der Waals surface area contributed by atoms with Crippen LogP contribution in [-0.4, -0.2) is 18.6 Å². The van der Waals surface area contributed by atoms with Gasteiger partial charge in [-0.3, -0.25) is 0 Å². The van der Waals surface area contributed by atoms with E-state index >= 15 is 0 Å². The summed E-state index contributed by atoms with van der Waals surface area (Å²) in [5, 5.41) is 0. The Kier molecular flexibility index (Phi) is 4.97. The van der Waals surface area contributed by atoms with E-state index in [4.69, 9.17) is 5.73 Å². The third-order valence-electron chi connectivity index (χ3n) is 4.23. The Morgan fingerprint density at radius 2 is 1.95 bits per heavy atom. The normalized spacial score (nSPS) is 20.4. The topological polar surface area (TPSA) is 29.3 Å². The SMILES string of the molecule is CCC(N)Cc1cc(F)c(N2CCCC2CC)c(F)c1. The molecule has 0 aromatic heterocycles.